The van der Waals surface area contributed by atoms with Gasteiger partial charge in [0, 0.05) is 18.8 Å². The molecule has 0 spiro atoms. The second kappa shape index (κ2) is 6.41. The highest BCUT2D eigenvalue weighted by atomic mass is 16.4. The maximum Gasteiger partial charge on any atom is 0.337 e. The summed E-state index contributed by atoms with van der Waals surface area (Å²) in [7, 11) is 0. The fraction of sp³-hybridized carbons (Fsp3) is 0.467. The smallest absolute Gasteiger partial charge is 0.337 e. The number of carbonyl (C=O) groups is 2. The Hall–Kier alpha value is -2.04. The fourth-order valence-electron chi connectivity index (χ4n) is 2.42. The molecule has 0 aromatic heterocycles. The van der Waals surface area contributed by atoms with Crippen LogP contribution in [0.25, 0.3) is 0 Å². The van der Waals surface area contributed by atoms with Crippen molar-refractivity contribution in [2.45, 2.75) is 26.2 Å². The van der Waals surface area contributed by atoms with Crippen LogP contribution in [0.5, 0.6) is 0 Å². The number of hydrogen-bond acceptors (Lipinski definition) is 3. The van der Waals surface area contributed by atoms with Crippen molar-refractivity contribution in [3.05, 3.63) is 29.3 Å². The van der Waals surface area contributed by atoms with Gasteiger partial charge in [0.25, 0.3) is 0 Å². The van der Waals surface area contributed by atoms with Gasteiger partial charge in [-0.1, -0.05) is 11.6 Å². The molecule has 2 N–H and O–H groups in total. The van der Waals surface area contributed by atoms with E-state index in [0.717, 1.165) is 31.5 Å². The number of likely N-dealkylation sites (tertiary alicyclic amines) is 1. The van der Waals surface area contributed by atoms with Crippen LogP contribution in [-0.2, 0) is 4.79 Å². The van der Waals surface area contributed by atoms with Crippen LogP contribution in [0.4, 0.5) is 5.69 Å². The Bertz CT molecular complexity index is 508. The van der Waals surface area contributed by atoms with Gasteiger partial charge in [-0.25, -0.2) is 4.79 Å². The Labute approximate surface area is 118 Å². The number of piperidine rings is 1. The average Bonchev–Trinajstić information content (AvgIpc) is 2.46. The number of carboxylic acids is 1. The van der Waals surface area contributed by atoms with Gasteiger partial charge < -0.3 is 15.3 Å². The Balaban J connectivity index is 1.99. The highest BCUT2D eigenvalue weighted by Gasteiger charge is 2.17. The van der Waals surface area contributed by atoms with Gasteiger partial charge in [0.1, 0.15) is 0 Å². The van der Waals surface area contributed by atoms with Crippen molar-refractivity contribution in [2.75, 3.05) is 25.0 Å². The van der Waals surface area contributed by atoms with Gasteiger partial charge in [0.15, 0.2) is 0 Å². The molecule has 0 radical (unpaired) electrons. The van der Waals surface area contributed by atoms with E-state index in [0.29, 0.717) is 5.69 Å². The van der Waals surface area contributed by atoms with Crippen LogP contribution in [0.15, 0.2) is 18.2 Å². The van der Waals surface area contributed by atoms with Crippen LogP contribution in [0.3, 0.4) is 0 Å². The zero-order valence-electron chi connectivity index (χ0n) is 11.7. The number of carbonyl (C=O) groups excluding carboxylic acids is 1. The summed E-state index contributed by atoms with van der Waals surface area (Å²) in [6.45, 7) is 3.60. The minimum absolute atomic E-state index is 0.0293. The van der Waals surface area contributed by atoms with Crippen molar-refractivity contribution >= 4 is 17.6 Å². The van der Waals surface area contributed by atoms with E-state index in [1.807, 2.05) is 17.9 Å². The van der Waals surface area contributed by atoms with E-state index in [9.17, 15) is 9.59 Å². The summed E-state index contributed by atoms with van der Waals surface area (Å²) in [5.41, 5.74) is 1.58. The van der Waals surface area contributed by atoms with E-state index in [1.54, 1.807) is 12.1 Å². The first-order chi connectivity index (χ1) is 9.58. The van der Waals surface area contributed by atoms with E-state index in [-0.39, 0.29) is 18.0 Å². The third-order valence-electron chi connectivity index (χ3n) is 3.54. The molecule has 1 saturated heterocycles. The van der Waals surface area contributed by atoms with E-state index in [2.05, 4.69) is 5.32 Å². The van der Waals surface area contributed by atoms with Crippen molar-refractivity contribution in [1.82, 2.24) is 4.90 Å². The van der Waals surface area contributed by atoms with E-state index < -0.39 is 5.97 Å². The molecule has 5 heteroatoms. The number of nitrogens with zero attached hydrogens (tertiary/aromatic N) is 1. The van der Waals surface area contributed by atoms with Gasteiger partial charge in [-0.15, -0.1) is 0 Å². The number of aromatic carboxylic acids is 1. The van der Waals surface area contributed by atoms with Crippen LogP contribution in [0, 0.1) is 6.92 Å². The first kappa shape index (κ1) is 14.4. The lowest BCUT2D eigenvalue weighted by Crippen LogP contribution is -2.39. The zero-order chi connectivity index (χ0) is 14.5. The molecular weight excluding hydrogens is 256 g/mol. The maximum absolute atomic E-state index is 12.0. The van der Waals surface area contributed by atoms with Gasteiger partial charge in [0.2, 0.25) is 5.91 Å². The first-order valence-corrected chi connectivity index (χ1v) is 6.93. The molecule has 0 atom stereocenters. The lowest BCUT2D eigenvalue weighted by Gasteiger charge is -2.27. The average molecular weight is 276 g/mol. The van der Waals surface area contributed by atoms with Gasteiger partial charge in [-0.05, 0) is 38.3 Å². The summed E-state index contributed by atoms with van der Waals surface area (Å²) in [5.74, 6) is -0.955. The molecule has 0 unspecified atom stereocenters. The van der Waals surface area contributed by atoms with Crippen LogP contribution in [-0.4, -0.2) is 41.5 Å². The molecule has 1 fully saturated rings. The molecule has 0 bridgehead atoms. The predicted octanol–water partition coefficient (Wildman–Crippen LogP) is 2.12. The minimum Gasteiger partial charge on any atom is -0.478 e. The maximum atomic E-state index is 12.0. The number of nitrogens with one attached hydrogen (secondary N) is 1. The molecule has 20 heavy (non-hydrogen) atoms. The SMILES string of the molecule is Cc1ccc(NCC(=O)N2CCCCC2)c(C(=O)O)c1. The quantitative estimate of drug-likeness (QED) is 0.883. The topological polar surface area (TPSA) is 69.6 Å². The van der Waals surface area contributed by atoms with E-state index >= 15 is 0 Å². The number of hydrogen-bond donors (Lipinski definition) is 2. The molecule has 2 rings (SSSR count). The summed E-state index contributed by atoms with van der Waals surface area (Å²) in [6.07, 6.45) is 3.28. The van der Waals surface area contributed by atoms with Crippen molar-refractivity contribution in [3.63, 3.8) is 0 Å². The van der Waals surface area contributed by atoms with Gasteiger partial charge >= 0.3 is 5.97 Å². The molecule has 0 aliphatic carbocycles. The number of aryl methyl sites for hydroxylation is 1. The molecule has 1 amide bonds. The summed E-state index contributed by atoms with van der Waals surface area (Å²) < 4.78 is 0. The lowest BCUT2D eigenvalue weighted by molar-refractivity contribution is -0.130. The highest BCUT2D eigenvalue weighted by molar-refractivity contribution is 5.95. The monoisotopic (exact) mass is 276 g/mol. The third-order valence-corrected chi connectivity index (χ3v) is 3.54. The van der Waals surface area contributed by atoms with E-state index in [1.165, 1.54) is 6.42 Å². The summed E-state index contributed by atoms with van der Waals surface area (Å²) in [5, 5.41) is 12.1. The number of benzene rings is 1. The normalized spacial score (nSPS) is 14.9. The predicted molar refractivity (Wildman–Crippen MR) is 77.1 cm³/mol. The second-order valence-electron chi connectivity index (χ2n) is 5.15. The molecule has 1 aliphatic rings. The molecule has 5 nitrogen and oxygen atoms in total. The van der Waals surface area contributed by atoms with Crippen LogP contribution >= 0.6 is 0 Å². The molecule has 1 aromatic rings. The number of rotatable bonds is 4. The number of amides is 1. The molecule has 1 heterocycles. The summed E-state index contributed by atoms with van der Waals surface area (Å²) in [6, 6.07) is 5.15. The van der Waals surface area contributed by atoms with Crippen molar-refractivity contribution in [3.8, 4) is 0 Å². The van der Waals surface area contributed by atoms with Gasteiger partial charge in [-0.3, -0.25) is 4.79 Å². The first-order valence-electron chi connectivity index (χ1n) is 6.93. The molecular formula is C15H20N2O3. The largest absolute Gasteiger partial charge is 0.478 e. The van der Waals surface area contributed by atoms with Crippen LogP contribution in [0.2, 0.25) is 0 Å². The van der Waals surface area contributed by atoms with Crippen molar-refractivity contribution < 1.29 is 14.7 Å². The third kappa shape index (κ3) is 3.50. The zero-order valence-corrected chi connectivity index (χ0v) is 11.7. The minimum atomic E-state index is -0.985. The van der Waals surface area contributed by atoms with Crippen molar-refractivity contribution in [2.24, 2.45) is 0 Å². The lowest BCUT2D eigenvalue weighted by atomic mass is 10.1. The van der Waals surface area contributed by atoms with Crippen LogP contribution < -0.4 is 5.32 Å². The van der Waals surface area contributed by atoms with E-state index in [4.69, 9.17) is 5.11 Å². The Morgan fingerprint density at radius 2 is 1.95 bits per heavy atom. The Kier molecular flexibility index (Phi) is 4.61. The van der Waals surface area contributed by atoms with Crippen LogP contribution in [0.1, 0.15) is 35.2 Å². The Morgan fingerprint density at radius 1 is 1.25 bits per heavy atom. The highest BCUT2D eigenvalue weighted by Crippen LogP contribution is 2.17. The molecule has 1 aromatic carbocycles. The number of carboxylic acid groups (broad SMARTS) is 1. The standard InChI is InChI=1S/C15H20N2O3/c1-11-5-6-13(12(9-11)15(19)20)16-10-14(18)17-7-3-2-4-8-17/h5-6,9,16H,2-4,7-8,10H2,1H3,(H,19,20). The molecule has 108 valence electrons. The Morgan fingerprint density at radius 3 is 2.60 bits per heavy atom. The second-order valence-corrected chi connectivity index (χ2v) is 5.15. The fourth-order valence-corrected chi connectivity index (χ4v) is 2.42. The molecule has 0 saturated carbocycles. The summed E-state index contributed by atoms with van der Waals surface area (Å²) >= 11 is 0. The molecule has 1 aliphatic heterocycles. The van der Waals surface area contributed by atoms with Crippen molar-refractivity contribution in [1.29, 1.82) is 0 Å². The summed E-state index contributed by atoms with van der Waals surface area (Å²) in [4.78, 5) is 25.1. The number of anilines is 1. The van der Waals surface area contributed by atoms with Gasteiger partial charge in [-0.2, -0.15) is 0 Å². The van der Waals surface area contributed by atoms with Gasteiger partial charge in [0.05, 0.1) is 12.1 Å².